The minimum absolute atomic E-state index is 0.0109. The van der Waals surface area contributed by atoms with Gasteiger partial charge in [0.2, 0.25) is 0 Å². The van der Waals surface area contributed by atoms with Crippen molar-refractivity contribution in [1.82, 2.24) is 9.55 Å². The lowest BCUT2D eigenvalue weighted by atomic mass is 10.2. The molecule has 0 aliphatic carbocycles. The van der Waals surface area contributed by atoms with Gasteiger partial charge in [-0.1, -0.05) is 0 Å². The number of hydrogen-bond donors (Lipinski definition) is 0. The zero-order valence-electron chi connectivity index (χ0n) is 15.4. The summed E-state index contributed by atoms with van der Waals surface area (Å²) in [5.74, 6) is -0.321. The van der Waals surface area contributed by atoms with Crippen molar-refractivity contribution in [2.24, 2.45) is 0 Å². The van der Waals surface area contributed by atoms with Crippen LogP contribution < -0.4 is 0 Å². The third-order valence-electron chi connectivity index (χ3n) is 4.41. The third-order valence-corrected chi connectivity index (χ3v) is 5.28. The first-order valence-corrected chi connectivity index (χ1v) is 9.69. The summed E-state index contributed by atoms with van der Waals surface area (Å²) in [6, 6.07) is 18.0. The predicted octanol–water partition coefficient (Wildman–Crippen LogP) is 5.71. The van der Waals surface area contributed by atoms with Crippen molar-refractivity contribution in [2.45, 2.75) is 0 Å². The summed E-state index contributed by atoms with van der Waals surface area (Å²) in [7, 11) is 0. The molecule has 2 aromatic carbocycles. The highest BCUT2D eigenvalue weighted by atomic mass is 32.1. The fourth-order valence-corrected chi connectivity index (χ4v) is 3.72. The molecule has 2 heterocycles. The summed E-state index contributed by atoms with van der Waals surface area (Å²) in [4.78, 5) is 14.9. The van der Waals surface area contributed by atoms with Crippen LogP contribution in [0.2, 0.25) is 0 Å². The van der Waals surface area contributed by atoms with Gasteiger partial charge in [-0.15, -0.1) is 11.3 Å². The number of hydrogen-bond acceptors (Lipinski definition) is 5. The largest absolute Gasteiger partial charge is 0.317 e. The van der Waals surface area contributed by atoms with E-state index in [1.165, 1.54) is 35.6 Å². The number of allylic oxidation sites excluding steroid dienone is 1. The number of rotatable bonds is 5. The van der Waals surface area contributed by atoms with E-state index in [-0.39, 0.29) is 11.5 Å². The average molecular weight is 416 g/mol. The zero-order valence-corrected chi connectivity index (χ0v) is 16.2. The number of non-ortho nitro benzene ring substituents is 1. The van der Waals surface area contributed by atoms with Crippen molar-refractivity contribution in [3.8, 4) is 23.0 Å². The minimum atomic E-state index is -0.449. The molecule has 146 valence electrons. The summed E-state index contributed by atoms with van der Waals surface area (Å²) < 4.78 is 15.0. The highest BCUT2D eigenvalue weighted by Crippen LogP contribution is 2.28. The summed E-state index contributed by atoms with van der Waals surface area (Å²) in [5.41, 5.74) is 3.30. The molecule has 0 amide bonds. The molecule has 6 nitrogen and oxygen atoms in total. The Morgan fingerprint density at radius 1 is 1.17 bits per heavy atom. The van der Waals surface area contributed by atoms with Crippen LogP contribution in [-0.2, 0) is 0 Å². The lowest BCUT2D eigenvalue weighted by Gasteiger charge is -2.06. The van der Waals surface area contributed by atoms with Gasteiger partial charge < -0.3 is 4.57 Å². The van der Waals surface area contributed by atoms with E-state index in [4.69, 9.17) is 0 Å². The minimum Gasteiger partial charge on any atom is -0.317 e. The summed E-state index contributed by atoms with van der Waals surface area (Å²) in [6.45, 7) is 0. The molecular weight excluding hydrogens is 403 g/mol. The molecule has 4 rings (SSSR count). The van der Waals surface area contributed by atoms with E-state index in [0.717, 1.165) is 16.9 Å². The van der Waals surface area contributed by atoms with Crippen molar-refractivity contribution in [3.05, 3.63) is 98.9 Å². The van der Waals surface area contributed by atoms with Gasteiger partial charge in [0.05, 0.1) is 16.2 Å². The number of nitro groups is 1. The molecule has 2 aromatic heterocycles. The summed E-state index contributed by atoms with van der Waals surface area (Å²) in [5, 5.41) is 22.9. The molecule has 0 N–H and O–H groups in total. The number of nitriles is 1. The molecule has 0 atom stereocenters. The number of nitrogens with zero attached hydrogens (tertiary/aromatic N) is 4. The Balaban J connectivity index is 1.66. The quantitative estimate of drug-likeness (QED) is 0.237. The molecule has 0 radical (unpaired) electrons. The van der Waals surface area contributed by atoms with Crippen molar-refractivity contribution >= 4 is 28.7 Å². The number of aromatic nitrogens is 2. The van der Waals surface area contributed by atoms with E-state index in [9.17, 15) is 19.8 Å². The smallest absolute Gasteiger partial charge is 0.269 e. The lowest BCUT2D eigenvalue weighted by molar-refractivity contribution is -0.384. The maximum absolute atomic E-state index is 13.1. The van der Waals surface area contributed by atoms with Crippen LogP contribution in [0.1, 0.15) is 10.7 Å². The van der Waals surface area contributed by atoms with Crippen molar-refractivity contribution in [3.63, 3.8) is 0 Å². The topological polar surface area (TPSA) is 84.8 Å². The first kappa shape index (κ1) is 19.2. The average Bonchev–Trinajstić information content (AvgIpc) is 3.42. The second-order valence-electron chi connectivity index (χ2n) is 6.29. The predicted molar refractivity (Wildman–Crippen MR) is 113 cm³/mol. The van der Waals surface area contributed by atoms with E-state index in [2.05, 4.69) is 11.1 Å². The van der Waals surface area contributed by atoms with E-state index in [1.54, 1.807) is 30.3 Å². The number of thiazole rings is 1. The molecule has 0 saturated carbocycles. The molecule has 0 bridgehead atoms. The molecule has 30 heavy (non-hydrogen) atoms. The Bertz CT molecular complexity index is 1280. The molecule has 0 saturated heterocycles. The Hall–Kier alpha value is -4.09. The second-order valence-corrected chi connectivity index (χ2v) is 7.15. The highest BCUT2D eigenvalue weighted by molar-refractivity contribution is 7.11. The Kier molecular flexibility index (Phi) is 5.20. The lowest BCUT2D eigenvalue weighted by Crippen LogP contribution is -1.96. The first-order chi connectivity index (χ1) is 14.5. The first-order valence-electron chi connectivity index (χ1n) is 8.81. The summed E-state index contributed by atoms with van der Waals surface area (Å²) >= 11 is 1.33. The molecule has 8 heteroatoms. The maximum Gasteiger partial charge on any atom is 0.269 e. The van der Waals surface area contributed by atoms with Gasteiger partial charge in [-0.3, -0.25) is 10.1 Å². The standard InChI is InChI=1S/C22H13FN4O2S/c23-17-5-3-15(4-6-17)21-14-30-22(25-21)16(13-24)12-20-2-1-11-26(20)18-7-9-19(10-8-18)27(28)29/h1-12,14H. The molecule has 0 spiro atoms. The van der Waals surface area contributed by atoms with Crippen molar-refractivity contribution in [2.75, 3.05) is 0 Å². The van der Waals surface area contributed by atoms with Crippen LogP contribution >= 0.6 is 11.3 Å². The Morgan fingerprint density at radius 3 is 2.57 bits per heavy atom. The van der Waals surface area contributed by atoms with Gasteiger partial charge >= 0.3 is 0 Å². The van der Waals surface area contributed by atoms with E-state index >= 15 is 0 Å². The molecule has 0 unspecified atom stereocenters. The van der Waals surface area contributed by atoms with Crippen molar-refractivity contribution in [1.29, 1.82) is 5.26 Å². The van der Waals surface area contributed by atoms with Gasteiger partial charge in [0.1, 0.15) is 16.9 Å². The van der Waals surface area contributed by atoms with Gasteiger partial charge in [0.15, 0.2) is 0 Å². The molecule has 0 aliphatic rings. The Labute approximate surface area is 174 Å². The van der Waals surface area contributed by atoms with Gasteiger partial charge in [-0.05, 0) is 54.6 Å². The van der Waals surface area contributed by atoms with E-state index in [1.807, 2.05) is 28.3 Å². The van der Waals surface area contributed by atoms with E-state index < -0.39 is 4.92 Å². The SMILES string of the molecule is N#CC(=Cc1cccn1-c1ccc([N+](=O)[O-])cc1)c1nc(-c2ccc(F)cc2)cs1. The fraction of sp³-hybridized carbons (Fsp3) is 0. The van der Waals surface area contributed by atoms with E-state index in [0.29, 0.717) is 16.3 Å². The monoisotopic (exact) mass is 416 g/mol. The van der Waals surface area contributed by atoms with Crippen LogP contribution in [-0.4, -0.2) is 14.5 Å². The fourth-order valence-electron chi connectivity index (χ4n) is 2.92. The maximum atomic E-state index is 13.1. The van der Waals surface area contributed by atoms with Gasteiger partial charge in [-0.2, -0.15) is 5.26 Å². The number of halogens is 1. The van der Waals surface area contributed by atoms with Crippen LogP contribution in [0, 0.1) is 27.3 Å². The van der Waals surface area contributed by atoms with Crippen molar-refractivity contribution < 1.29 is 9.31 Å². The van der Waals surface area contributed by atoms with Gasteiger partial charge in [0.25, 0.3) is 5.69 Å². The highest BCUT2D eigenvalue weighted by Gasteiger charge is 2.12. The molecule has 0 fully saturated rings. The third kappa shape index (κ3) is 3.87. The molecular formula is C22H13FN4O2S. The van der Waals surface area contributed by atoms with Crippen LogP contribution in [0.25, 0.3) is 28.6 Å². The zero-order chi connectivity index (χ0) is 21.1. The normalized spacial score (nSPS) is 11.3. The van der Waals surface area contributed by atoms with Crippen LogP contribution in [0.3, 0.4) is 0 Å². The van der Waals surface area contributed by atoms with Crippen LogP contribution in [0.15, 0.2) is 72.2 Å². The van der Waals surface area contributed by atoms with Crippen LogP contribution in [0.5, 0.6) is 0 Å². The van der Waals surface area contributed by atoms with Gasteiger partial charge in [-0.25, -0.2) is 9.37 Å². The summed E-state index contributed by atoms with van der Waals surface area (Å²) in [6.07, 6.45) is 3.53. The molecule has 4 aromatic rings. The Morgan fingerprint density at radius 2 is 1.90 bits per heavy atom. The number of nitro benzene ring substituents is 1. The number of benzene rings is 2. The van der Waals surface area contributed by atoms with Gasteiger partial charge in [0, 0.05) is 40.7 Å². The van der Waals surface area contributed by atoms with Crippen LogP contribution in [0.4, 0.5) is 10.1 Å². The molecule has 0 aliphatic heterocycles. The second kappa shape index (κ2) is 8.11.